The van der Waals surface area contributed by atoms with Crippen molar-refractivity contribution in [3.8, 4) is 5.69 Å². The van der Waals surface area contributed by atoms with Crippen LogP contribution >= 0.6 is 0 Å². The first kappa shape index (κ1) is 17.3. The summed E-state index contributed by atoms with van der Waals surface area (Å²) in [6, 6.07) is 16.5. The van der Waals surface area contributed by atoms with Gasteiger partial charge in [-0.3, -0.25) is 9.59 Å². The van der Waals surface area contributed by atoms with Crippen molar-refractivity contribution in [1.29, 1.82) is 0 Å². The fourth-order valence-electron chi connectivity index (χ4n) is 2.81. The number of hydrogen-bond donors (Lipinski definition) is 1. The van der Waals surface area contributed by atoms with E-state index in [0.29, 0.717) is 10.8 Å². The molecular formula is C20H16N6O2. The van der Waals surface area contributed by atoms with Crippen molar-refractivity contribution in [2.24, 2.45) is 12.1 Å². The van der Waals surface area contributed by atoms with E-state index in [0.717, 1.165) is 15.9 Å². The number of hydrogen-bond acceptors (Lipinski definition) is 5. The zero-order valence-electron chi connectivity index (χ0n) is 15.0. The first-order valence-electron chi connectivity index (χ1n) is 8.53. The molecule has 0 radical (unpaired) electrons. The summed E-state index contributed by atoms with van der Waals surface area (Å²) in [5.74, 6) is -0.501. The van der Waals surface area contributed by atoms with Crippen LogP contribution in [0.5, 0.6) is 0 Å². The molecule has 2 aromatic carbocycles. The van der Waals surface area contributed by atoms with Crippen molar-refractivity contribution in [1.82, 2.24) is 25.0 Å². The maximum Gasteiger partial charge on any atom is 0.292 e. The van der Waals surface area contributed by atoms with E-state index < -0.39 is 5.91 Å². The van der Waals surface area contributed by atoms with Crippen molar-refractivity contribution in [3.05, 3.63) is 88.6 Å². The molecule has 1 N–H and O–H groups in total. The van der Waals surface area contributed by atoms with Gasteiger partial charge in [0.15, 0.2) is 5.69 Å². The molecule has 138 valence electrons. The Kier molecular flexibility index (Phi) is 4.51. The predicted octanol–water partition coefficient (Wildman–Crippen LogP) is 1.88. The highest BCUT2D eigenvalue weighted by molar-refractivity contribution is 6.04. The molecular weight excluding hydrogens is 356 g/mol. The van der Waals surface area contributed by atoms with Gasteiger partial charge in [0.25, 0.3) is 11.5 Å². The van der Waals surface area contributed by atoms with Crippen molar-refractivity contribution >= 4 is 22.9 Å². The first-order valence-corrected chi connectivity index (χ1v) is 8.53. The molecule has 8 nitrogen and oxygen atoms in total. The summed E-state index contributed by atoms with van der Waals surface area (Å²) in [7, 11) is 1.51. The Hall–Kier alpha value is -4.07. The summed E-state index contributed by atoms with van der Waals surface area (Å²) >= 11 is 0. The monoisotopic (exact) mass is 372 g/mol. The largest absolute Gasteiger partial charge is 0.292 e. The normalized spacial score (nSPS) is 11.2. The molecule has 0 unspecified atom stereocenters. The second-order valence-corrected chi connectivity index (χ2v) is 6.08. The highest BCUT2D eigenvalue weighted by Crippen LogP contribution is 2.12. The number of aromatic nitrogens is 4. The Morgan fingerprint density at radius 1 is 1.07 bits per heavy atom. The van der Waals surface area contributed by atoms with Crippen molar-refractivity contribution in [2.75, 3.05) is 0 Å². The molecule has 0 fully saturated rings. The van der Waals surface area contributed by atoms with Gasteiger partial charge < -0.3 is 0 Å². The quantitative estimate of drug-likeness (QED) is 0.437. The predicted molar refractivity (Wildman–Crippen MR) is 106 cm³/mol. The highest BCUT2D eigenvalue weighted by atomic mass is 16.2. The van der Waals surface area contributed by atoms with Crippen LogP contribution in [-0.4, -0.2) is 31.7 Å². The lowest BCUT2D eigenvalue weighted by Gasteiger charge is -2.06. The van der Waals surface area contributed by atoms with E-state index in [1.165, 1.54) is 13.3 Å². The number of nitrogens with zero attached hydrogens (tertiary/aromatic N) is 5. The summed E-state index contributed by atoms with van der Waals surface area (Å²) in [6.07, 6.45) is 4.93. The number of aryl methyl sites for hydroxylation is 1. The van der Waals surface area contributed by atoms with E-state index in [1.807, 2.05) is 30.3 Å². The van der Waals surface area contributed by atoms with Gasteiger partial charge in [-0.2, -0.15) is 15.3 Å². The molecule has 0 saturated carbocycles. The molecule has 4 rings (SSSR count). The summed E-state index contributed by atoms with van der Waals surface area (Å²) in [6.45, 7) is 0. The Balaban J connectivity index is 1.54. The van der Waals surface area contributed by atoms with Crippen LogP contribution in [0.15, 0.2) is 76.9 Å². The number of nitrogens with one attached hydrogen (secondary N) is 1. The van der Waals surface area contributed by atoms with Crippen LogP contribution in [-0.2, 0) is 7.05 Å². The van der Waals surface area contributed by atoms with E-state index in [9.17, 15) is 9.59 Å². The highest BCUT2D eigenvalue weighted by Gasteiger charge is 2.14. The van der Waals surface area contributed by atoms with Gasteiger partial charge >= 0.3 is 0 Å². The molecule has 0 bridgehead atoms. The van der Waals surface area contributed by atoms with Crippen LogP contribution in [0.25, 0.3) is 16.5 Å². The van der Waals surface area contributed by atoms with Crippen molar-refractivity contribution in [2.45, 2.75) is 0 Å². The van der Waals surface area contributed by atoms with Gasteiger partial charge in [-0.15, -0.1) is 0 Å². The van der Waals surface area contributed by atoms with Crippen molar-refractivity contribution < 1.29 is 4.79 Å². The van der Waals surface area contributed by atoms with Crippen LogP contribution in [0.1, 0.15) is 16.1 Å². The van der Waals surface area contributed by atoms with Gasteiger partial charge in [0.2, 0.25) is 0 Å². The zero-order chi connectivity index (χ0) is 19.5. The number of hydrazone groups is 1. The lowest BCUT2D eigenvalue weighted by Crippen LogP contribution is -2.27. The summed E-state index contributed by atoms with van der Waals surface area (Å²) in [4.78, 5) is 24.7. The standard InChI is InChI=1S/C20H16N6O2/c1-25-20(28)17-10-6-5-9-16(17)18(24-25)19(27)23-21-11-14-12-22-26(13-14)15-7-3-2-4-8-15/h2-13H,1H3,(H,23,27)/b21-11-. The number of benzene rings is 2. The third-order valence-electron chi connectivity index (χ3n) is 4.17. The van der Waals surface area contributed by atoms with Gasteiger partial charge in [-0.05, 0) is 18.2 Å². The molecule has 4 aromatic rings. The molecule has 1 amide bonds. The van der Waals surface area contributed by atoms with Crippen LogP contribution in [0.2, 0.25) is 0 Å². The molecule has 0 spiro atoms. The van der Waals surface area contributed by atoms with Gasteiger partial charge in [0, 0.05) is 24.2 Å². The van der Waals surface area contributed by atoms with Crippen LogP contribution in [0.4, 0.5) is 0 Å². The fourth-order valence-corrected chi connectivity index (χ4v) is 2.81. The molecule has 0 aliphatic rings. The molecule has 8 heteroatoms. The topological polar surface area (TPSA) is 94.2 Å². The average molecular weight is 372 g/mol. The number of amides is 1. The lowest BCUT2D eigenvalue weighted by atomic mass is 10.1. The molecule has 0 atom stereocenters. The minimum atomic E-state index is -0.501. The molecule has 28 heavy (non-hydrogen) atoms. The van der Waals surface area contributed by atoms with E-state index >= 15 is 0 Å². The molecule has 0 aliphatic carbocycles. The maximum atomic E-state index is 12.5. The van der Waals surface area contributed by atoms with E-state index in [2.05, 4.69) is 20.7 Å². The second kappa shape index (κ2) is 7.28. The zero-order valence-corrected chi connectivity index (χ0v) is 15.0. The van der Waals surface area contributed by atoms with E-state index in [1.54, 1.807) is 41.3 Å². The molecule has 0 saturated heterocycles. The smallest absolute Gasteiger partial charge is 0.267 e. The Morgan fingerprint density at radius 2 is 1.79 bits per heavy atom. The van der Waals surface area contributed by atoms with E-state index in [-0.39, 0.29) is 11.3 Å². The number of fused-ring (bicyclic) bond motifs is 1. The molecule has 2 aromatic heterocycles. The molecule has 2 heterocycles. The number of rotatable bonds is 4. The van der Waals surface area contributed by atoms with Gasteiger partial charge in [0.1, 0.15) is 0 Å². The summed E-state index contributed by atoms with van der Waals surface area (Å²) < 4.78 is 2.86. The van der Waals surface area contributed by atoms with Crippen LogP contribution in [0, 0.1) is 0 Å². The van der Waals surface area contributed by atoms with E-state index in [4.69, 9.17) is 0 Å². The third-order valence-corrected chi connectivity index (χ3v) is 4.17. The minimum Gasteiger partial charge on any atom is -0.267 e. The number of para-hydroxylation sites is 1. The average Bonchev–Trinajstić information content (AvgIpc) is 3.20. The van der Waals surface area contributed by atoms with Gasteiger partial charge in [0.05, 0.1) is 23.5 Å². The Bertz CT molecular complexity index is 1240. The first-order chi connectivity index (χ1) is 13.6. The van der Waals surface area contributed by atoms with Gasteiger partial charge in [-0.1, -0.05) is 36.4 Å². The maximum absolute atomic E-state index is 12.5. The minimum absolute atomic E-state index is 0.134. The summed E-state index contributed by atoms with van der Waals surface area (Å²) in [5.41, 5.74) is 3.97. The van der Waals surface area contributed by atoms with Gasteiger partial charge in [-0.25, -0.2) is 14.8 Å². The molecule has 0 aliphatic heterocycles. The summed E-state index contributed by atoms with van der Waals surface area (Å²) in [5, 5.41) is 13.2. The Labute approximate surface area is 159 Å². The Morgan fingerprint density at radius 3 is 2.57 bits per heavy atom. The fraction of sp³-hybridized carbons (Fsp3) is 0.0500. The second-order valence-electron chi connectivity index (χ2n) is 6.08. The number of carbonyl (C=O) groups is 1. The van der Waals surface area contributed by atoms with Crippen LogP contribution in [0.3, 0.4) is 0 Å². The third kappa shape index (κ3) is 3.30. The van der Waals surface area contributed by atoms with Crippen molar-refractivity contribution in [3.63, 3.8) is 0 Å². The number of carbonyl (C=O) groups excluding carboxylic acids is 1. The van der Waals surface area contributed by atoms with Crippen LogP contribution < -0.4 is 11.0 Å². The SMILES string of the molecule is Cn1nc(C(=O)N/N=C\c2cnn(-c3ccccc3)c2)c2ccccc2c1=O. The lowest BCUT2D eigenvalue weighted by molar-refractivity contribution is 0.0950.